The van der Waals surface area contributed by atoms with Gasteiger partial charge in [-0.3, -0.25) is 9.89 Å². The molecular weight excluding hydrogens is 374 g/mol. The lowest BCUT2D eigenvalue weighted by Gasteiger charge is -2.03. The van der Waals surface area contributed by atoms with Gasteiger partial charge in [-0.25, -0.2) is 0 Å². The number of nitrogens with two attached hydrogens (primary N) is 1. The molecule has 2 aromatic heterocycles. The van der Waals surface area contributed by atoms with Crippen LogP contribution in [0.2, 0.25) is 0 Å². The van der Waals surface area contributed by atoms with Gasteiger partial charge in [0.1, 0.15) is 17.2 Å². The largest absolute Gasteiger partial charge is 0.497 e. The molecule has 2 aromatic carbocycles. The highest BCUT2D eigenvalue weighted by molar-refractivity contribution is 5.75. The van der Waals surface area contributed by atoms with Crippen LogP contribution in [-0.2, 0) is 4.79 Å². The number of primary amides is 1. The van der Waals surface area contributed by atoms with Crippen molar-refractivity contribution in [2.24, 2.45) is 5.73 Å². The number of rotatable bonds is 7. The molecule has 0 bridgehead atoms. The molecule has 0 unspecified atom stereocenters. The predicted octanol–water partition coefficient (Wildman–Crippen LogP) is 2.67. The second-order valence-corrected chi connectivity index (χ2v) is 6.10. The lowest BCUT2D eigenvalue weighted by Crippen LogP contribution is -2.19. The van der Waals surface area contributed by atoms with Crippen LogP contribution in [0.3, 0.4) is 0 Å². The Hall–Kier alpha value is -4.14. The summed E-state index contributed by atoms with van der Waals surface area (Å²) < 4.78 is 15.8. The fraction of sp³-hybridized carbons (Fsp3) is 0.100. The number of methoxy groups -OCH3 is 1. The van der Waals surface area contributed by atoms with Gasteiger partial charge in [0.2, 0.25) is 5.82 Å². The minimum atomic E-state index is -0.537. The zero-order valence-electron chi connectivity index (χ0n) is 15.5. The Bertz CT molecular complexity index is 1130. The number of carbonyl (C=O) groups excluding carboxylic acids is 1. The van der Waals surface area contributed by atoms with E-state index in [0.29, 0.717) is 23.2 Å². The summed E-state index contributed by atoms with van der Waals surface area (Å²) in [7, 11) is 1.62. The molecule has 1 amide bonds. The highest BCUT2D eigenvalue weighted by Gasteiger charge is 2.14. The molecule has 9 nitrogen and oxygen atoms in total. The average molecular weight is 391 g/mol. The monoisotopic (exact) mass is 391 g/mol. The molecule has 0 aliphatic heterocycles. The molecule has 4 rings (SSSR count). The second-order valence-electron chi connectivity index (χ2n) is 6.10. The Morgan fingerprint density at radius 3 is 2.69 bits per heavy atom. The van der Waals surface area contributed by atoms with E-state index in [2.05, 4.69) is 20.3 Å². The number of hydrogen-bond donors (Lipinski definition) is 2. The van der Waals surface area contributed by atoms with Crippen LogP contribution in [0.4, 0.5) is 0 Å². The Kier molecular flexibility index (Phi) is 4.93. The lowest BCUT2D eigenvalue weighted by atomic mass is 10.1. The molecule has 4 aromatic rings. The fourth-order valence-corrected chi connectivity index (χ4v) is 2.67. The van der Waals surface area contributed by atoms with Crippen molar-refractivity contribution in [1.82, 2.24) is 20.3 Å². The van der Waals surface area contributed by atoms with Crippen molar-refractivity contribution < 1.29 is 18.8 Å². The van der Waals surface area contributed by atoms with Crippen LogP contribution < -0.4 is 15.2 Å². The van der Waals surface area contributed by atoms with Gasteiger partial charge in [0.25, 0.3) is 11.8 Å². The number of aromatic nitrogens is 4. The van der Waals surface area contributed by atoms with Gasteiger partial charge in [-0.1, -0.05) is 17.3 Å². The number of nitrogens with zero attached hydrogens (tertiary/aromatic N) is 3. The molecule has 0 aliphatic carbocycles. The maximum Gasteiger partial charge on any atom is 0.276 e. The summed E-state index contributed by atoms with van der Waals surface area (Å²) in [6.45, 7) is -0.179. The molecule has 146 valence electrons. The lowest BCUT2D eigenvalue weighted by molar-refractivity contribution is -0.119. The summed E-state index contributed by atoms with van der Waals surface area (Å²) in [6.07, 6.45) is 0. The van der Waals surface area contributed by atoms with Crippen molar-refractivity contribution in [2.45, 2.75) is 0 Å². The second kappa shape index (κ2) is 7.85. The van der Waals surface area contributed by atoms with Gasteiger partial charge in [0.15, 0.2) is 6.61 Å². The first-order valence-electron chi connectivity index (χ1n) is 8.68. The van der Waals surface area contributed by atoms with Crippen LogP contribution in [0.25, 0.3) is 34.2 Å². The van der Waals surface area contributed by atoms with Crippen LogP contribution in [-0.4, -0.2) is 40.0 Å². The topological polar surface area (TPSA) is 129 Å². The highest BCUT2D eigenvalue weighted by atomic mass is 16.5. The van der Waals surface area contributed by atoms with Crippen molar-refractivity contribution in [3.8, 4) is 45.7 Å². The molecule has 29 heavy (non-hydrogen) atoms. The molecule has 3 N–H and O–H groups in total. The SMILES string of the molecule is COc1cccc(-c2cc(-c3nc(-c4ccc(OCC(N)=O)cc4)no3)[nH]n2)c1. The molecule has 0 saturated carbocycles. The van der Waals surface area contributed by atoms with E-state index in [1.165, 1.54) is 0 Å². The first kappa shape index (κ1) is 18.2. The van der Waals surface area contributed by atoms with Gasteiger partial charge in [0, 0.05) is 11.1 Å². The van der Waals surface area contributed by atoms with Crippen LogP contribution in [0.1, 0.15) is 0 Å². The Morgan fingerprint density at radius 2 is 1.93 bits per heavy atom. The maximum absolute atomic E-state index is 10.8. The average Bonchev–Trinajstić information content (AvgIpc) is 3.42. The summed E-state index contributed by atoms with van der Waals surface area (Å²) in [4.78, 5) is 15.2. The highest BCUT2D eigenvalue weighted by Crippen LogP contribution is 2.27. The number of amides is 1. The number of benzene rings is 2. The Labute approximate surface area is 165 Å². The van der Waals surface area contributed by atoms with Gasteiger partial charge >= 0.3 is 0 Å². The minimum Gasteiger partial charge on any atom is -0.497 e. The van der Waals surface area contributed by atoms with Crippen LogP contribution in [0.15, 0.2) is 59.1 Å². The first-order chi connectivity index (χ1) is 14.1. The normalized spacial score (nSPS) is 10.7. The van der Waals surface area contributed by atoms with Gasteiger partial charge in [0.05, 0.1) is 12.8 Å². The van der Waals surface area contributed by atoms with Gasteiger partial charge in [-0.15, -0.1) is 0 Å². The smallest absolute Gasteiger partial charge is 0.276 e. The molecular formula is C20H17N5O4. The van der Waals surface area contributed by atoms with Crippen molar-refractivity contribution in [3.05, 3.63) is 54.6 Å². The summed E-state index contributed by atoms with van der Waals surface area (Å²) in [6, 6.07) is 16.3. The number of aromatic amines is 1. The molecule has 9 heteroatoms. The molecule has 0 radical (unpaired) electrons. The zero-order valence-corrected chi connectivity index (χ0v) is 15.5. The van der Waals surface area contributed by atoms with Crippen molar-refractivity contribution in [2.75, 3.05) is 13.7 Å². The van der Waals surface area contributed by atoms with E-state index < -0.39 is 5.91 Å². The van der Waals surface area contributed by atoms with Crippen molar-refractivity contribution in [3.63, 3.8) is 0 Å². The number of nitrogens with one attached hydrogen (secondary N) is 1. The van der Waals surface area contributed by atoms with E-state index in [-0.39, 0.29) is 6.61 Å². The number of ether oxygens (including phenoxy) is 2. The molecule has 0 aliphatic rings. The fourth-order valence-electron chi connectivity index (χ4n) is 2.67. The number of H-pyrrole nitrogens is 1. The predicted molar refractivity (Wildman–Crippen MR) is 104 cm³/mol. The quantitative estimate of drug-likeness (QED) is 0.495. The summed E-state index contributed by atoms with van der Waals surface area (Å²) >= 11 is 0. The minimum absolute atomic E-state index is 0.179. The zero-order chi connectivity index (χ0) is 20.2. The maximum atomic E-state index is 10.8. The summed E-state index contributed by atoms with van der Waals surface area (Å²) in [5.74, 6) is 1.46. The first-order valence-corrected chi connectivity index (χ1v) is 8.68. The van der Waals surface area contributed by atoms with Crippen LogP contribution >= 0.6 is 0 Å². The van der Waals surface area contributed by atoms with E-state index in [1.807, 2.05) is 30.3 Å². The molecule has 0 atom stereocenters. The van der Waals surface area contributed by atoms with Crippen LogP contribution in [0.5, 0.6) is 11.5 Å². The third-order valence-electron chi connectivity index (χ3n) is 4.09. The molecule has 0 spiro atoms. The van der Waals surface area contributed by atoms with Crippen LogP contribution in [0, 0.1) is 0 Å². The van der Waals surface area contributed by atoms with E-state index in [1.54, 1.807) is 31.4 Å². The summed E-state index contributed by atoms with van der Waals surface area (Å²) in [5.41, 5.74) is 8.03. The summed E-state index contributed by atoms with van der Waals surface area (Å²) in [5, 5.41) is 11.2. The molecule has 2 heterocycles. The van der Waals surface area contributed by atoms with E-state index >= 15 is 0 Å². The van der Waals surface area contributed by atoms with Crippen molar-refractivity contribution >= 4 is 5.91 Å². The van der Waals surface area contributed by atoms with E-state index in [0.717, 1.165) is 22.6 Å². The standard InChI is InChI=1S/C20H17N5O4/c1-27-15-4-2-3-13(9-15)16-10-17(24-23-16)20-22-19(25-29-20)12-5-7-14(8-6-12)28-11-18(21)26/h2-10H,11H2,1H3,(H2,21,26)(H,23,24). The third-order valence-corrected chi connectivity index (χ3v) is 4.09. The van der Waals surface area contributed by atoms with Crippen molar-refractivity contribution in [1.29, 1.82) is 0 Å². The number of carbonyl (C=O) groups is 1. The molecule has 0 fully saturated rings. The van der Waals surface area contributed by atoms with Gasteiger partial charge in [-0.2, -0.15) is 10.1 Å². The van der Waals surface area contributed by atoms with E-state index in [4.69, 9.17) is 19.7 Å². The van der Waals surface area contributed by atoms with E-state index in [9.17, 15) is 4.79 Å². The Morgan fingerprint density at radius 1 is 1.10 bits per heavy atom. The Balaban J connectivity index is 1.52. The third kappa shape index (κ3) is 4.08. The van der Waals surface area contributed by atoms with Gasteiger partial charge < -0.3 is 19.7 Å². The molecule has 0 saturated heterocycles. The van der Waals surface area contributed by atoms with Gasteiger partial charge in [-0.05, 0) is 42.5 Å². The number of hydrogen-bond acceptors (Lipinski definition) is 7.